The first-order chi connectivity index (χ1) is 9.98. The van der Waals surface area contributed by atoms with E-state index in [0.717, 1.165) is 0 Å². The summed E-state index contributed by atoms with van der Waals surface area (Å²) in [7, 11) is -3.09. The van der Waals surface area contributed by atoms with Gasteiger partial charge in [0, 0.05) is 5.56 Å². The van der Waals surface area contributed by atoms with Gasteiger partial charge in [0.2, 0.25) is 0 Å². The molecule has 7 nitrogen and oxygen atoms in total. The quantitative estimate of drug-likeness (QED) is 0.907. The van der Waals surface area contributed by atoms with Crippen molar-refractivity contribution in [2.24, 2.45) is 0 Å². The Labute approximate surface area is 121 Å². The van der Waals surface area contributed by atoms with E-state index >= 15 is 0 Å². The number of benzene rings is 1. The summed E-state index contributed by atoms with van der Waals surface area (Å²) in [6, 6.07) is 8.52. The van der Waals surface area contributed by atoms with Crippen LogP contribution >= 0.6 is 0 Å². The Balaban J connectivity index is 2.12. The molecular formula is C13H13N3O4S. The summed E-state index contributed by atoms with van der Waals surface area (Å²) in [6.45, 7) is 0. The minimum atomic E-state index is -3.09. The van der Waals surface area contributed by atoms with Crippen molar-refractivity contribution < 1.29 is 18.3 Å². The van der Waals surface area contributed by atoms with Crippen LogP contribution in [0.2, 0.25) is 0 Å². The molecule has 1 aromatic heterocycles. The van der Waals surface area contributed by atoms with Crippen molar-refractivity contribution in [1.82, 2.24) is 15.0 Å². The molecule has 1 saturated heterocycles. The van der Waals surface area contributed by atoms with Gasteiger partial charge in [-0.3, -0.25) is 0 Å². The Bertz CT molecular complexity index is 783. The Morgan fingerprint density at radius 1 is 1.29 bits per heavy atom. The van der Waals surface area contributed by atoms with E-state index in [0.29, 0.717) is 17.7 Å². The molecule has 0 spiro atoms. The highest BCUT2D eigenvalue weighted by Crippen LogP contribution is 2.30. The number of hydrogen-bond acceptors (Lipinski definition) is 5. The van der Waals surface area contributed by atoms with E-state index in [4.69, 9.17) is 0 Å². The predicted molar refractivity (Wildman–Crippen MR) is 74.7 cm³/mol. The first-order valence-corrected chi connectivity index (χ1v) is 8.24. The van der Waals surface area contributed by atoms with Gasteiger partial charge in [-0.15, -0.1) is 5.10 Å². The smallest absolute Gasteiger partial charge is 0.358 e. The van der Waals surface area contributed by atoms with Crippen LogP contribution in [0.3, 0.4) is 0 Å². The highest BCUT2D eigenvalue weighted by molar-refractivity contribution is 7.91. The first kappa shape index (κ1) is 13.7. The van der Waals surface area contributed by atoms with E-state index in [-0.39, 0.29) is 23.2 Å². The number of aromatic nitrogens is 3. The van der Waals surface area contributed by atoms with E-state index in [2.05, 4.69) is 10.3 Å². The molecule has 0 saturated carbocycles. The van der Waals surface area contributed by atoms with E-state index in [1.807, 2.05) is 6.07 Å². The second-order valence-corrected chi connectivity index (χ2v) is 7.19. The van der Waals surface area contributed by atoms with Crippen LogP contribution in [0.15, 0.2) is 30.3 Å². The zero-order valence-corrected chi connectivity index (χ0v) is 11.8. The summed E-state index contributed by atoms with van der Waals surface area (Å²) >= 11 is 0. The number of sulfone groups is 1. The van der Waals surface area contributed by atoms with Crippen LogP contribution in [0.4, 0.5) is 0 Å². The van der Waals surface area contributed by atoms with Crippen molar-refractivity contribution in [3.8, 4) is 11.3 Å². The molecule has 0 amide bonds. The van der Waals surface area contributed by atoms with Crippen molar-refractivity contribution in [1.29, 1.82) is 0 Å². The molecule has 2 heterocycles. The zero-order chi connectivity index (χ0) is 15.0. The summed E-state index contributed by atoms with van der Waals surface area (Å²) in [5.41, 5.74) is 0.847. The van der Waals surface area contributed by atoms with Crippen LogP contribution in [0.5, 0.6) is 0 Å². The number of carboxylic acids is 1. The topological polar surface area (TPSA) is 102 Å². The van der Waals surface area contributed by atoms with Crippen LogP contribution < -0.4 is 0 Å². The molecule has 21 heavy (non-hydrogen) atoms. The fourth-order valence-corrected chi connectivity index (χ4v) is 4.22. The molecule has 1 aliphatic heterocycles. The molecule has 1 unspecified atom stereocenters. The lowest BCUT2D eigenvalue weighted by Gasteiger charge is -2.12. The van der Waals surface area contributed by atoms with Crippen LogP contribution in [0.25, 0.3) is 11.3 Å². The fourth-order valence-electron chi connectivity index (χ4n) is 2.53. The van der Waals surface area contributed by atoms with Crippen molar-refractivity contribution in [2.45, 2.75) is 12.5 Å². The molecular weight excluding hydrogens is 294 g/mol. The van der Waals surface area contributed by atoms with E-state index < -0.39 is 15.8 Å². The maximum Gasteiger partial charge on any atom is 0.358 e. The average molecular weight is 307 g/mol. The van der Waals surface area contributed by atoms with Crippen molar-refractivity contribution >= 4 is 15.8 Å². The lowest BCUT2D eigenvalue weighted by atomic mass is 10.1. The third kappa shape index (κ3) is 2.54. The van der Waals surface area contributed by atoms with Crippen LogP contribution in [0, 0.1) is 0 Å². The molecule has 1 atom stereocenters. The summed E-state index contributed by atoms with van der Waals surface area (Å²) < 4.78 is 24.7. The van der Waals surface area contributed by atoms with E-state index in [1.54, 1.807) is 24.3 Å². The molecule has 1 aliphatic rings. The number of carboxylic acid groups (broad SMARTS) is 1. The SMILES string of the molecule is O=C(O)c1nnn(C2CCS(=O)(=O)C2)c1-c1ccccc1. The highest BCUT2D eigenvalue weighted by atomic mass is 32.2. The minimum absolute atomic E-state index is 0.0325. The van der Waals surface area contributed by atoms with Crippen LogP contribution in [0.1, 0.15) is 23.0 Å². The van der Waals surface area contributed by atoms with Crippen molar-refractivity contribution in [3.63, 3.8) is 0 Å². The normalized spacial score (nSPS) is 20.5. The first-order valence-electron chi connectivity index (χ1n) is 6.42. The average Bonchev–Trinajstić information content (AvgIpc) is 3.02. The number of hydrogen-bond donors (Lipinski definition) is 1. The standard InChI is InChI=1S/C13H13N3O4S/c17-13(18)11-12(9-4-2-1-3-5-9)16(15-14-11)10-6-7-21(19,20)8-10/h1-5,10H,6-8H2,(H,17,18). The van der Waals surface area contributed by atoms with E-state index in [1.165, 1.54) is 4.68 Å². The van der Waals surface area contributed by atoms with Crippen molar-refractivity contribution in [2.75, 3.05) is 11.5 Å². The summed E-state index contributed by atoms with van der Waals surface area (Å²) in [4.78, 5) is 11.3. The molecule has 110 valence electrons. The molecule has 0 aliphatic carbocycles. The monoisotopic (exact) mass is 307 g/mol. The third-order valence-electron chi connectivity index (χ3n) is 3.50. The van der Waals surface area contributed by atoms with Gasteiger partial charge < -0.3 is 5.11 Å². The van der Waals surface area contributed by atoms with Gasteiger partial charge in [0.15, 0.2) is 15.5 Å². The summed E-state index contributed by atoms with van der Waals surface area (Å²) in [5.74, 6) is -1.12. The third-order valence-corrected chi connectivity index (χ3v) is 5.25. The summed E-state index contributed by atoms with van der Waals surface area (Å²) in [6.07, 6.45) is 0.421. The number of rotatable bonds is 3. The Kier molecular flexibility index (Phi) is 3.25. The second kappa shape index (κ2) is 4.96. The van der Waals surface area contributed by atoms with Crippen molar-refractivity contribution in [3.05, 3.63) is 36.0 Å². The molecule has 1 fully saturated rings. The Morgan fingerprint density at radius 2 is 2.00 bits per heavy atom. The highest BCUT2D eigenvalue weighted by Gasteiger charge is 2.33. The molecule has 0 bridgehead atoms. The Hall–Kier alpha value is -2.22. The van der Waals surface area contributed by atoms with Crippen LogP contribution in [-0.4, -0.2) is 46.0 Å². The second-order valence-electron chi connectivity index (χ2n) is 4.96. The molecule has 2 aromatic rings. The number of carbonyl (C=O) groups is 1. The van der Waals surface area contributed by atoms with Gasteiger partial charge in [-0.05, 0) is 6.42 Å². The van der Waals surface area contributed by atoms with Gasteiger partial charge in [0.1, 0.15) is 5.69 Å². The maximum atomic E-state index is 11.6. The minimum Gasteiger partial charge on any atom is -0.476 e. The molecule has 1 aromatic carbocycles. The molecule has 3 rings (SSSR count). The van der Waals surface area contributed by atoms with Crippen LogP contribution in [-0.2, 0) is 9.84 Å². The van der Waals surface area contributed by atoms with Gasteiger partial charge in [0.05, 0.1) is 17.5 Å². The van der Waals surface area contributed by atoms with E-state index in [9.17, 15) is 18.3 Å². The lowest BCUT2D eigenvalue weighted by molar-refractivity contribution is 0.0691. The molecule has 0 radical (unpaired) electrons. The Morgan fingerprint density at radius 3 is 2.57 bits per heavy atom. The fraction of sp³-hybridized carbons (Fsp3) is 0.308. The summed E-state index contributed by atoms with van der Waals surface area (Å²) in [5, 5.41) is 16.8. The zero-order valence-electron chi connectivity index (χ0n) is 11.0. The maximum absolute atomic E-state index is 11.6. The molecule has 8 heteroatoms. The van der Waals surface area contributed by atoms with Gasteiger partial charge in [-0.2, -0.15) is 0 Å². The van der Waals surface area contributed by atoms with Gasteiger partial charge >= 0.3 is 5.97 Å². The lowest BCUT2D eigenvalue weighted by Crippen LogP contribution is -2.14. The van der Waals surface area contributed by atoms with Gasteiger partial charge in [-0.25, -0.2) is 17.9 Å². The number of nitrogens with zero attached hydrogens (tertiary/aromatic N) is 3. The van der Waals surface area contributed by atoms with Gasteiger partial charge in [-0.1, -0.05) is 35.5 Å². The van der Waals surface area contributed by atoms with Gasteiger partial charge in [0.25, 0.3) is 0 Å². The molecule has 1 N–H and O–H groups in total. The largest absolute Gasteiger partial charge is 0.476 e. The number of aromatic carboxylic acids is 1. The predicted octanol–water partition coefficient (Wildman–Crippen LogP) is 1.00.